The van der Waals surface area contributed by atoms with E-state index in [0.717, 1.165) is 30.5 Å². The van der Waals surface area contributed by atoms with Crippen LogP contribution in [-0.2, 0) is 4.79 Å². The number of benzene rings is 1. The Balaban J connectivity index is 0.00000289. The van der Waals surface area contributed by atoms with Gasteiger partial charge in [0, 0.05) is 18.7 Å². The highest BCUT2D eigenvalue weighted by molar-refractivity contribution is 5.88. The second-order valence-corrected chi connectivity index (χ2v) is 4.19. The van der Waals surface area contributed by atoms with Crippen molar-refractivity contribution in [2.75, 3.05) is 11.9 Å². The van der Waals surface area contributed by atoms with Gasteiger partial charge >= 0.3 is 0 Å². The molecular formula is C13H22ClN3O. The molecule has 0 aliphatic rings. The molecule has 18 heavy (non-hydrogen) atoms. The maximum atomic E-state index is 10.9. The van der Waals surface area contributed by atoms with Gasteiger partial charge in [-0.15, -0.1) is 12.4 Å². The molecule has 1 amide bonds. The standard InChI is InChI=1S/C13H21N3O.ClH/c1-10(17)16-12-7-5-11(6-8-12)13(15)4-2-3-9-14;/h5-8,13H,2-4,9,14-15H2,1H3,(H,16,17);1H/t13-;/m0./s1. The summed E-state index contributed by atoms with van der Waals surface area (Å²) in [6, 6.07) is 7.71. The second kappa shape index (κ2) is 8.91. The number of hydrogen-bond donors (Lipinski definition) is 3. The predicted octanol–water partition coefficient (Wildman–Crippen LogP) is 2.20. The molecule has 5 N–H and O–H groups in total. The van der Waals surface area contributed by atoms with E-state index in [4.69, 9.17) is 11.5 Å². The molecule has 0 saturated heterocycles. The van der Waals surface area contributed by atoms with Crippen LogP contribution in [0.25, 0.3) is 0 Å². The van der Waals surface area contributed by atoms with Crippen molar-refractivity contribution < 1.29 is 4.79 Å². The highest BCUT2D eigenvalue weighted by atomic mass is 35.5. The third kappa shape index (κ3) is 6.00. The Hall–Kier alpha value is -1.10. The summed E-state index contributed by atoms with van der Waals surface area (Å²) in [5.74, 6) is -0.0648. The number of amides is 1. The van der Waals surface area contributed by atoms with Crippen molar-refractivity contribution in [3.8, 4) is 0 Å². The van der Waals surface area contributed by atoms with Gasteiger partial charge in [-0.25, -0.2) is 0 Å². The minimum Gasteiger partial charge on any atom is -0.330 e. The summed E-state index contributed by atoms with van der Waals surface area (Å²) in [7, 11) is 0. The molecule has 1 atom stereocenters. The Labute approximate surface area is 115 Å². The summed E-state index contributed by atoms with van der Waals surface area (Å²) < 4.78 is 0. The van der Waals surface area contributed by atoms with E-state index >= 15 is 0 Å². The number of nitrogens with two attached hydrogens (primary N) is 2. The molecule has 0 heterocycles. The van der Waals surface area contributed by atoms with Crippen LogP contribution in [0.5, 0.6) is 0 Å². The monoisotopic (exact) mass is 271 g/mol. The average molecular weight is 272 g/mol. The highest BCUT2D eigenvalue weighted by Crippen LogP contribution is 2.18. The van der Waals surface area contributed by atoms with Gasteiger partial charge in [-0.1, -0.05) is 18.6 Å². The van der Waals surface area contributed by atoms with Crippen molar-refractivity contribution >= 4 is 24.0 Å². The van der Waals surface area contributed by atoms with Crippen LogP contribution >= 0.6 is 12.4 Å². The summed E-state index contributed by atoms with van der Waals surface area (Å²) in [5, 5.41) is 2.73. The van der Waals surface area contributed by atoms with Crippen LogP contribution in [0.15, 0.2) is 24.3 Å². The molecule has 1 aromatic rings. The van der Waals surface area contributed by atoms with Gasteiger partial charge in [-0.05, 0) is 37.1 Å². The normalized spacial score (nSPS) is 11.5. The van der Waals surface area contributed by atoms with Crippen LogP contribution < -0.4 is 16.8 Å². The molecule has 0 aromatic heterocycles. The maximum absolute atomic E-state index is 10.9. The first-order valence-corrected chi connectivity index (χ1v) is 5.96. The molecule has 1 aromatic carbocycles. The smallest absolute Gasteiger partial charge is 0.221 e. The van der Waals surface area contributed by atoms with E-state index in [1.165, 1.54) is 6.92 Å². The number of rotatable bonds is 6. The first-order chi connectivity index (χ1) is 8.13. The average Bonchev–Trinajstić information content (AvgIpc) is 2.29. The van der Waals surface area contributed by atoms with E-state index in [2.05, 4.69) is 5.32 Å². The lowest BCUT2D eigenvalue weighted by Crippen LogP contribution is -2.11. The third-order valence-corrected chi connectivity index (χ3v) is 2.63. The molecule has 102 valence electrons. The number of nitrogens with one attached hydrogen (secondary N) is 1. The number of hydrogen-bond acceptors (Lipinski definition) is 3. The fourth-order valence-electron chi connectivity index (χ4n) is 1.69. The molecule has 5 heteroatoms. The van der Waals surface area contributed by atoms with Crippen molar-refractivity contribution in [3.05, 3.63) is 29.8 Å². The van der Waals surface area contributed by atoms with Crippen LogP contribution in [0.1, 0.15) is 37.8 Å². The van der Waals surface area contributed by atoms with Gasteiger partial charge < -0.3 is 16.8 Å². The minimum absolute atomic E-state index is 0. The zero-order chi connectivity index (χ0) is 12.7. The minimum atomic E-state index is -0.0648. The fraction of sp³-hybridized carbons (Fsp3) is 0.462. The molecular weight excluding hydrogens is 250 g/mol. The van der Waals surface area contributed by atoms with Crippen molar-refractivity contribution in [3.63, 3.8) is 0 Å². The SMILES string of the molecule is CC(=O)Nc1ccc([C@@H](N)CCCCN)cc1.Cl. The van der Waals surface area contributed by atoms with Crippen LogP contribution in [-0.4, -0.2) is 12.5 Å². The van der Waals surface area contributed by atoms with Crippen LogP contribution in [0.4, 0.5) is 5.69 Å². The molecule has 0 bridgehead atoms. The van der Waals surface area contributed by atoms with E-state index in [1.54, 1.807) is 0 Å². The highest BCUT2D eigenvalue weighted by Gasteiger charge is 2.05. The third-order valence-electron chi connectivity index (χ3n) is 2.63. The zero-order valence-corrected chi connectivity index (χ0v) is 11.5. The zero-order valence-electron chi connectivity index (χ0n) is 10.7. The lowest BCUT2D eigenvalue weighted by atomic mass is 10.0. The molecule has 0 aliphatic heterocycles. The summed E-state index contributed by atoms with van der Waals surface area (Å²) in [5.41, 5.74) is 13.4. The van der Waals surface area contributed by atoms with E-state index in [9.17, 15) is 4.79 Å². The van der Waals surface area contributed by atoms with E-state index < -0.39 is 0 Å². The number of anilines is 1. The van der Waals surface area contributed by atoms with Crippen molar-refractivity contribution in [1.82, 2.24) is 0 Å². The largest absolute Gasteiger partial charge is 0.330 e. The van der Waals surface area contributed by atoms with E-state index in [-0.39, 0.29) is 24.4 Å². The van der Waals surface area contributed by atoms with Crippen LogP contribution in [0, 0.1) is 0 Å². The van der Waals surface area contributed by atoms with Gasteiger partial charge in [0.1, 0.15) is 0 Å². The number of unbranched alkanes of at least 4 members (excludes halogenated alkanes) is 1. The fourth-order valence-corrected chi connectivity index (χ4v) is 1.69. The summed E-state index contributed by atoms with van der Waals surface area (Å²) >= 11 is 0. The second-order valence-electron chi connectivity index (χ2n) is 4.19. The molecule has 1 rings (SSSR count). The van der Waals surface area contributed by atoms with Crippen molar-refractivity contribution in [2.24, 2.45) is 11.5 Å². The number of halogens is 1. The Morgan fingerprint density at radius 2 is 1.89 bits per heavy atom. The van der Waals surface area contributed by atoms with Gasteiger partial charge in [-0.3, -0.25) is 4.79 Å². The molecule has 0 unspecified atom stereocenters. The Morgan fingerprint density at radius 3 is 2.39 bits per heavy atom. The van der Waals surface area contributed by atoms with Gasteiger partial charge in [0.15, 0.2) is 0 Å². The van der Waals surface area contributed by atoms with Crippen LogP contribution in [0.3, 0.4) is 0 Å². The molecule has 0 fully saturated rings. The lowest BCUT2D eigenvalue weighted by molar-refractivity contribution is -0.114. The van der Waals surface area contributed by atoms with Gasteiger partial charge in [0.05, 0.1) is 0 Å². The van der Waals surface area contributed by atoms with Crippen molar-refractivity contribution in [1.29, 1.82) is 0 Å². The Kier molecular flexibility index (Phi) is 8.37. The topological polar surface area (TPSA) is 81.1 Å². The Morgan fingerprint density at radius 1 is 1.28 bits per heavy atom. The predicted molar refractivity (Wildman–Crippen MR) is 77.8 cm³/mol. The number of carbonyl (C=O) groups is 1. The van der Waals surface area contributed by atoms with E-state index in [1.807, 2.05) is 24.3 Å². The molecule has 4 nitrogen and oxygen atoms in total. The Bertz CT molecular complexity index is 354. The molecule has 0 saturated carbocycles. The van der Waals surface area contributed by atoms with Gasteiger partial charge in [-0.2, -0.15) is 0 Å². The van der Waals surface area contributed by atoms with Gasteiger partial charge in [0.2, 0.25) is 5.91 Å². The van der Waals surface area contributed by atoms with Gasteiger partial charge in [0.25, 0.3) is 0 Å². The summed E-state index contributed by atoms with van der Waals surface area (Å²) in [6.45, 7) is 2.21. The maximum Gasteiger partial charge on any atom is 0.221 e. The molecule has 0 aliphatic carbocycles. The molecule has 0 radical (unpaired) electrons. The number of carbonyl (C=O) groups excluding carboxylic acids is 1. The lowest BCUT2D eigenvalue weighted by Gasteiger charge is -2.12. The molecule has 0 spiro atoms. The van der Waals surface area contributed by atoms with Crippen LogP contribution in [0.2, 0.25) is 0 Å². The first kappa shape index (κ1) is 16.9. The first-order valence-electron chi connectivity index (χ1n) is 5.96. The summed E-state index contributed by atoms with van der Waals surface area (Å²) in [4.78, 5) is 10.9. The summed E-state index contributed by atoms with van der Waals surface area (Å²) in [6.07, 6.45) is 3.00. The van der Waals surface area contributed by atoms with E-state index in [0.29, 0.717) is 6.54 Å². The quantitative estimate of drug-likeness (QED) is 0.694. The van der Waals surface area contributed by atoms with Crippen molar-refractivity contribution in [2.45, 2.75) is 32.2 Å².